The molecule has 1 aliphatic heterocycles. The van der Waals surface area contributed by atoms with Crippen molar-refractivity contribution in [2.24, 2.45) is 0 Å². The predicted octanol–water partition coefficient (Wildman–Crippen LogP) is 1.39. The summed E-state index contributed by atoms with van der Waals surface area (Å²) < 4.78 is 10.3. The maximum absolute atomic E-state index is 12.9. The van der Waals surface area contributed by atoms with E-state index < -0.39 is 24.0 Å². The second-order valence-electron chi connectivity index (χ2n) is 8.88. The SMILES string of the molecule is COC[C@H](NC(=O)[C@H](CCc1ccccc1)NC(=O)Cc1ccc(CN2CCOCC2)cc1)C(=O)O. The van der Waals surface area contributed by atoms with Gasteiger partial charge in [0.25, 0.3) is 0 Å². The highest BCUT2D eigenvalue weighted by atomic mass is 16.5. The number of nitrogens with zero attached hydrogens (tertiary/aromatic N) is 1. The molecule has 1 fully saturated rings. The first-order valence-electron chi connectivity index (χ1n) is 12.2. The summed E-state index contributed by atoms with van der Waals surface area (Å²) in [6.45, 7) is 3.97. The van der Waals surface area contributed by atoms with E-state index in [0.29, 0.717) is 12.8 Å². The lowest BCUT2D eigenvalue weighted by atomic mass is 10.0. The van der Waals surface area contributed by atoms with Crippen LogP contribution in [0.15, 0.2) is 54.6 Å². The fourth-order valence-corrected chi connectivity index (χ4v) is 4.05. The number of carboxylic acids is 1. The summed E-state index contributed by atoms with van der Waals surface area (Å²) in [5.41, 5.74) is 3.02. The number of morpholine rings is 1. The van der Waals surface area contributed by atoms with Crippen molar-refractivity contribution < 1.29 is 29.0 Å². The lowest BCUT2D eigenvalue weighted by molar-refractivity contribution is -0.143. The van der Waals surface area contributed by atoms with E-state index in [2.05, 4.69) is 15.5 Å². The van der Waals surface area contributed by atoms with Crippen LogP contribution in [0.25, 0.3) is 0 Å². The second-order valence-corrected chi connectivity index (χ2v) is 8.88. The molecule has 2 amide bonds. The van der Waals surface area contributed by atoms with E-state index in [1.165, 1.54) is 12.7 Å². The number of hydrogen-bond donors (Lipinski definition) is 3. The van der Waals surface area contributed by atoms with Gasteiger partial charge in [-0.05, 0) is 29.5 Å². The number of methoxy groups -OCH3 is 1. The van der Waals surface area contributed by atoms with Crippen LogP contribution in [-0.4, -0.2) is 79.9 Å². The number of hydrogen-bond acceptors (Lipinski definition) is 6. The highest BCUT2D eigenvalue weighted by molar-refractivity contribution is 5.91. The molecule has 9 nitrogen and oxygen atoms in total. The summed E-state index contributed by atoms with van der Waals surface area (Å²) in [6.07, 6.45) is 1.00. The Balaban J connectivity index is 1.59. The van der Waals surface area contributed by atoms with E-state index in [1.54, 1.807) is 0 Å². The van der Waals surface area contributed by atoms with Gasteiger partial charge in [-0.15, -0.1) is 0 Å². The number of ether oxygens (including phenoxy) is 2. The van der Waals surface area contributed by atoms with Crippen LogP contribution >= 0.6 is 0 Å². The van der Waals surface area contributed by atoms with Crippen LogP contribution in [0.1, 0.15) is 23.1 Å². The molecule has 3 N–H and O–H groups in total. The molecule has 1 heterocycles. The van der Waals surface area contributed by atoms with E-state index in [-0.39, 0.29) is 18.9 Å². The van der Waals surface area contributed by atoms with E-state index in [0.717, 1.165) is 44.0 Å². The van der Waals surface area contributed by atoms with Crippen LogP contribution in [0.4, 0.5) is 0 Å². The molecule has 2 aromatic carbocycles. The molecule has 0 radical (unpaired) electrons. The normalized spacial score (nSPS) is 15.6. The van der Waals surface area contributed by atoms with Gasteiger partial charge in [-0.2, -0.15) is 0 Å². The van der Waals surface area contributed by atoms with Gasteiger partial charge in [0.2, 0.25) is 11.8 Å². The number of benzene rings is 2. The van der Waals surface area contributed by atoms with Gasteiger partial charge in [-0.1, -0.05) is 54.6 Å². The van der Waals surface area contributed by atoms with Gasteiger partial charge >= 0.3 is 5.97 Å². The van der Waals surface area contributed by atoms with Crippen LogP contribution in [0.2, 0.25) is 0 Å². The standard InChI is InChI=1S/C27H35N3O6/c1-35-19-24(27(33)34)29-26(32)23(12-11-20-5-3-2-4-6-20)28-25(31)17-21-7-9-22(10-8-21)18-30-13-15-36-16-14-30/h2-10,23-24H,11-19H2,1H3,(H,28,31)(H,29,32)(H,33,34)/t23-,24-/m0/s1. The second kappa shape index (κ2) is 14.3. The minimum Gasteiger partial charge on any atom is -0.480 e. The molecule has 2 aromatic rings. The number of carboxylic acid groups (broad SMARTS) is 1. The van der Waals surface area contributed by atoms with Crippen LogP contribution in [0.3, 0.4) is 0 Å². The Bertz CT molecular complexity index is 977. The van der Waals surface area contributed by atoms with Crippen molar-refractivity contribution in [3.8, 4) is 0 Å². The summed E-state index contributed by atoms with van der Waals surface area (Å²) in [7, 11) is 1.36. The van der Waals surface area contributed by atoms with Gasteiger partial charge in [0.1, 0.15) is 6.04 Å². The van der Waals surface area contributed by atoms with Crippen molar-refractivity contribution in [2.45, 2.75) is 37.9 Å². The van der Waals surface area contributed by atoms with Crippen LogP contribution in [0.5, 0.6) is 0 Å². The van der Waals surface area contributed by atoms with Crippen LogP contribution < -0.4 is 10.6 Å². The molecule has 36 heavy (non-hydrogen) atoms. The minimum absolute atomic E-state index is 0.118. The van der Waals surface area contributed by atoms with Crippen molar-refractivity contribution in [3.05, 3.63) is 71.3 Å². The molecule has 194 valence electrons. The van der Waals surface area contributed by atoms with E-state index in [1.807, 2.05) is 54.6 Å². The zero-order valence-electron chi connectivity index (χ0n) is 20.7. The van der Waals surface area contributed by atoms with Crippen molar-refractivity contribution in [1.29, 1.82) is 0 Å². The highest BCUT2D eigenvalue weighted by Crippen LogP contribution is 2.11. The molecule has 0 bridgehead atoms. The molecule has 3 rings (SSSR count). The number of rotatable bonds is 13. The van der Waals surface area contributed by atoms with Gasteiger partial charge in [0.15, 0.2) is 6.04 Å². The molecule has 2 atom stereocenters. The van der Waals surface area contributed by atoms with Crippen molar-refractivity contribution >= 4 is 17.8 Å². The molecule has 0 aliphatic carbocycles. The molecule has 1 aliphatic rings. The maximum atomic E-state index is 12.9. The Morgan fingerprint density at radius 2 is 1.61 bits per heavy atom. The summed E-state index contributed by atoms with van der Waals surface area (Å²) in [4.78, 5) is 39.5. The summed E-state index contributed by atoms with van der Waals surface area (Å²) >= 11 is 0. The number of aliphatic carboxylic acids is 1. The maximum Gasteiger partial charge on any atom is 0.328 e. The number of aryl methyl sites for hydroxylation is 1. The highest BCUT2D eigenvalue weighted by Gasteiger charge is 2.26. The summed E-state index contributed by atoms with van der Waals surface area (Å²) in [6, 6.07) is 15.4. The Morgan fingerprint density at radius 1 is 0.944 bits per heavy atom. The van der Waals surface area contributed by atoms with E-state index >= 15 is 0 Å². The van der Waals surface area contributed by atoms with E-state index in [4.69, 9.17) is 9.47 Å². The Kier molecular flexibility index (Phi) is 10.9. The van der Waals surface area contributed by atoms with Gasteiger partial charge in [0.05, 0.1) is 26.2 Å². The fourth-order valence-electron chi connectivity index (χ4n) is 4.05. The average Bonchev–Trinajstić information content (AvgIpc) is 2.88. The summed E-state index contributed by atoms with van der Waals surface area (Å²) in [5.74, 6) is -2.05. The first-order chi connectivity index (χ1) is 17.4. The number of carbonyl (C=O) groups excluding carboxylic acids is 2. The third-order valence-electron chi connectivity index (χ3n) is 6.06. The van der Waals surface area contributed by atoms with Crippen molar-refractivity contribution in [2.75, 3.05) is 40.0 Å². The van der Waals surface area contributed by atoms with Gasteiger partial charge < -0.3 is 25.2 Å². The molecule has 0 saturated carbocycles. The monoisotopic (exact) mass is 497 g/mol. The third kappa shape index (κ3) is 9.07. The van der Waals surface area contributed by atoms with Gasteiger partial charge in [-0.3, -0.25) is 14.5 Å². The zero-order valence-corrected chi connectivity index (χ0v) is 20.7. The lowest BCUT2D eigenvalue weighted by Gasteiger charge is -2.26. The number of nitrogens with one attached hydrogen (secondary N) is 2. The first kappa shape index (κ1) is 27.3. The van der Waals surface area contributed by atoms with Gasteiger partial charge in [0, 0.05) is 26.7 Å². The molecule has 9 heteroatoms. The topological polar surface area (TPSA) is 117 Å². The molecule has 0 unspecified atom stereocenters. The van der Waals surface area contributed by atoms with Crippen LogP contribution in [0, 0.1) is 0 Å². The smallest absolute Gasteiger partial charge is 0.328 e. The Morgan fingerprint density at radius 3 is 2.25 bits per heavy atom. The Labute approximate surface area is 211 Å². The predicted molar refractivity (Wildman–Crippen MR) is 134 cm³/mol. The molecular weight excluding hydrogens is 462 g/mol. The molecular formula is C27H35N3O6. The number of carbonyl (C=O) groups is 3. The first-order valence-corrected chi connectivity index (χ1v) is 12.2. The third-order valence-corrected chi connectivity index (χ3v) is 6.06. The largest absolute Gasteiger partial charge is 0.480 e. The minimum atomic E-state index is -1.20. The quantitative estimate of drug-likeness (QED) is 0.383. The molecule has 0 aromatic heterocycles. The molecule has 0 spiro atoms. The average molecular weight is 498 g/mol. The molecule has 1 saturated heterocycles. The lowest BCUT2D eigenvalue weighted by Crippen LogP contribution is -2.53. The summed E-state index contributed by atoms with van der Waals surface area (Å²) in [5, 5.41) is 14.6. The van der Waals surface area contributed by atoms with Gasteiger partial charge in [-0.25, -0.2) is 4.79 Å². The Hall–Kier alpha value is -3.27. The zero-order chi connectivity index (χ0) is 25.8. The van der Waals surface area contributed by atoms with Crippen molar-refractivity contribution in [3.63, 3.8) is 0 Å². The fraction of sp³-hybridized carbons (Fsp3) is 0.444. The number of amides is 2. The van der Waals surface area contributed by atoms with Crippen LogP contribution in [-0.2, 0) is 43.2 Å². The van der Waals surface area contributed by atoms with Crippen molar-refractivity contribution in [1.82, 2.24) is 15.5 Å². The van der Waals surface area contributed by atoms with E-state index in [9.17, 15) is 19.5 Å².